The van der Waals surface area contributed by atoms with Crippen LogP contribution in [0.15, 0.2) is 66.1 Å². The number of ether oxygens (including phenoxy) is 1. The summed E-state index contributed by atoms with van der Waals surface area (Å²) in [5, 5.41) is 0.690. The molecule has 6 heteroatoms. The second kappa shape index (κ2) is 8.54. The predicted molar refractivity (Wildman–Crippen MR) is 112 cm³/mol. The molecule has 3 rings (SSSR count). The smallest absolute Gasteiger partial charge is 0.266 e. The third-order valence-corrected chi connectivity index (χ3v) is 5.33. The Bertz CT molecular complexity index is 878. The van der Waals surface area contributed by atoms with E-state index in [0.29, 0.717) is 33.1 Å². The van der Waals surface area contributed by atoms with Crippen LogP contribution in [0.4, 0.5) is 0 Å². The van der Waals surface area contributed by atoms with Crippen molar-refractivity contribution in [2.75, 3.05) is 6.54 Å². The molecule has 0 aromatic heterocycles. The molecule has 1 saturated heterocycles. The molecule has 132 valence electrons. The van der Waals surface area contributed by atoms with E-state index in [0.717, 1.165) is 11.1 Å². The summed E-state index contributed by atoms with van der Waals surface area (Å²) in [7, 11) is 0. The Morgan fingerprint density at radius 3 is 2.65 bits per heavy atom. The lowest BCUT2D eigenvalue weighted by atomic mass is 10.1. The summed E-state index contributed by atoms with van der Waals surface area (Å²) in [6, 6.07) is 15.1. The minimum absolute atomic E-state index is 0.104. The van der Waals surface area contributed by atoms with Gasteiger partial charge in [-0.1, -0.05) is 72.0 Å². The average molecular weight is 402 g/mol. The van der Waals surface area contributed by atoms with Crippen LogP contribution in [0.3, 0.4) is 0 Å². The number of hydrogen-bond donors (Lipinski definition) is 0. The number of benzene rings is 2. The summed E-state index contributed by atoms with van der Waals surface area (Å²) < 4.78 is 6.48. The summed E-state index contributed by atoms with van der Waals surface area (Å²) in [4.78, 5) is 14.6. The molecule has 26 heavy (non-hydrogen) atoms. The van der Waals surface area contributed by atoms with E-state index < -0.39 is 0 Å². The Morgan fingerprint density at radius 1 is 1.19 bits per heavy atom. The Balaban J connectivity index is 1.79. The van der Waals surface area contributed by atoms with Crippen LogP contribution in [-0.2, 0) is 11.4 Å². The molecule has 0 spiro atoms. The van der Waals surface area contributed by atoms with Gasteiger partial charge in [0.2, 0.25) is 0 Å². The van der Waals surface area contributed by atoms with E-state index in [1.165, 1.54) is 16.7 Å². The molecule has 0 aliphatic carbocycles. The van der Waals surface area contributed by atoms with Gasteiger partial charge in [-0.05, 0) is 29.8 Å². The molecule has 0 radical (unpaired) electrons. The van der Waals surface area contributed by atoms with Gasteiger partial charge in [0.25, 0.3) is 5.91 Å². The van der Waals surface area contributed by atoms with Gasteiger partial charge in [0.05, 0.1) is 4.91 Å². The van der Waals surface area contributed by atoms with E-state index in [-0.39, 0.29) is 5.91 Å². The van der Waals surface area contributed by atoms with Crippen molar-refractivity contribution in [2.45, 2.75) is 6.61 Å². The van der Waals surface area contributed by atoms with Gasteiger partial charge in [-0.15, -0.1) is 6.58 Å². The minimum atomic E-state index is -0.104. The molecule has 2 aromatic rings. The number of nitrogens with zero attached hydrogens (tertiary/aromatic N) is 1. The Labute approximate surface area is 167 Å². The highest BCUT2D eigenvalue weighted by atomic mass is 35.5. The zero-order chi connectivity index (χ0) is 18.5. The molecule has 0 N–H and O–H groups in total. The third-order valence-electron chi connectivity index (χ3n) is 3.70. The summed E-state index contributed by atoms with van der Waals surface area (Å²) >= 11 is 12.5. The number of carbonyl (C=O) groups excluding carboxylic acids is 1. The van der Waals surface area contributed by atoms with Crippen LogP contribution in [0.5, 0.6) is 5.75 Å². The lowest BCUT2D eigenvalue weighted by Crippen LogP contribution is -2.27. The molecule has 0 atom stereocenters. The van der Waals surface area contributed by atoms with Crippen LogP contribution < -0.4 is 4.74 Å². The van der Waals surface area contributed by atoms with E-state index in [2.05, 4.69) is 6.58 Å². The fraction of sp³-hybridized carbons (Fsp3) is 0.100. The second-order valence-electron chi connectivity index (χ2n) is 5.53. The normalized spacial score (nSPS) is 15.6. The van der Waals surface area contributed by atoms with Crippen LogP contribution in [0.25, 0.3) is 6.08 Å². The maximum atomic E-state index is 12.5. The van der Waals surface area contributed by atoms with Gasteiger partial charge >= 0.3 is 0 Å². The number of thioether (sulfide) groups is 1. The van der Waals surface area contributed by atoms with Crippen molar-refractivity contribution in [3.05, 3.63) is 82.2 Å². The molecular weight excluding hydrogens is 386 g/mol. The van der Waals surface area contributed by atoms with Gasteiger partial charge in [-0.3, -0.25) is 9.69 Å². The SMILES string of the molecule is C=CCN1C(=O)/C(=C\c2ccccc2OCc2ccc(Cl)cc2)SC1=S. The lowest BCUT2D eigenvalue weighted by molar-refractivity contribution is -0.121. The Morgan fingerprint density at radius 2 is 1.92 bits per heavy atom. The topological polar surface area (TPSA) is 29.5 Å². The highest BCUT2D eigenvalue weighted by Crippen LogP contribution is 2.34. The van der Waals surface area contributed by atoms with Crippen molar-refractivity contribution in [3.8, 4) is 5.75 Å². The van der Waals surface area contributed by atoms with Crippen molar-refractivity contribution < 1.29 is 9.53 Å². The highest BCUT2D eigenvalue weighted by molar-refractivity contribution is 8.26. The lowest BCUT2D eigenvalue weighted by Gasteiger charge is -2.11. The predicted octanol–water partition coefficient (Wildman–Crippen LogP) is 5.31. The first kappa shape index (κ1) is 18.7. The molecule has 2 aromatic carbocycles. The molecule has 1 fully saturated rings. The maximum Gasteiger partial charge on any atom is 0.266 e. The van der Waals surface area contributed by atoms with Gasteiger partial charge in [0.15, 0.2) is 0 Å². The van der Waals surface area contributed by atoms with Gasteiger partial charge in [0, 0.05) is 17.1 Å². The van der Waals surface area contributed by atoms with E-state index in [1.807, 2.05) is 54.6 Å². The van der Waals surface area contributed by atoms with Gasteiger partial charge in [0.1, 0.15) is 16.7 Å². The molecule has 1 amide bonds. The molecule has 1 aliphatic heterocycles. The largest absolute Gasteiger partial charge is 0.488 e. The molecule has 1 aliphatic rings. The van der Waals surface area contributed by atoms with Gasteiger partial charge in [-0.25, -0.2) is 0 Å². The van der Waals surface area contributed by atoms with Crippen molar-refractivity contribution in [3.63, 3.8) is 0 Å². The minimum Gasteiger partial charge on any atom is -0.488 e. The van der Waals surface area contributed by atoms with Crippen molar-refractivity contribution in [2.24, 2.45) is 0 Å². The summed E-state index contributed by atoms with van der Waals surface area (Å²) in [6.45, 7) is 4.49. The zero-order valence-corrected chi connectivity index (χ0v) is 16.2. The molecule has 0 unspecified atom stereocenters. The number of halogens is 1. The van der Waals surface area contributed by atoms with Gasteiger partial charge < -0.3 is 4.74 Å². The number of rotatable bonds is 6. The number of amides is 1. The van der Waals surface area contributed by atoms with Crippen molar-refractivity contribution in [1.82, 2.24) is 4.90 Å². The number of thiocarbonyl (C=S) groups is 1. The van der Waals surface area contributed by atoms with E-state index in [9.17, 15) is 4.79 Å². The van der Waals surface area contributed by atoms with Crippen LogP contribution in [0.1, 0.15) is 11.1 Å². The van der Waals surface area contributed by atoms with Crippen molar-refractivity contribution >= 4 is 51.9 Å². The van der Waals surface area contributed by atoms with Crippen LogP contribution in [0.2, 0.25) is 5.02 Å². The second-order valence-corrected chi connectivity index (χ2v) is 7.65. The fourth-order valence-corrected chi connectivity index (χ4v) is 3.79. The standard InChI is InChI=1S/C20H16ClNO2S2/c1-2-11-22-19(23)18(26-20(22)25)12-15-5-3-4-6-17(15)24-13-14-7-9-16(21)10-8-14/h2-10,12H,1,11,13H2/b18-12+. The maximum absolute atomic E-state index is 12.5. The summed E-state index contributed by atoms with van der Waals surface area (Å²) in [5.74, 6) is 0.601. The number of para-hydroxylation sites is 1. The van der Waals surface area contributed by atoms with Crippen LogP contribution in [0, 0.1) is 0 Å². The Hall–Kier alpha value is -2.08. The number of carbonyl (C=O) groups is 1. The zero-order valence-electron chi connectivity index (χ0n) is 13.9. The third kappa shape index (κ3) is 4.36. The van der Waals surface area contributed by atoms with Crippen molar-refractivity contribution in [1.29, 1.82) is 0 Å². The average Bonchev–Trinajstić information content (AvgIpc) is 2.90. The molecular formula is C20H16ClNO2S2. The first-order valence-electron chi connectivity index (χ1n) is 7.91. The monoisotopic (exact) mass is 401 g/mol. The molecule has 3 nitrogen and oxygen atoms in total. The quantitative estimate of drug-likeness (QED) is 0.373. The Kier molecular flexibility index (Phi) is 6.14. The highest BCUT2D eigenvalue weighted by Gasteiger charge is 2.31. The molecule has 0 saturated carbocycles. The van der Waals surface area contributed by atoms with E-state index in [4.69, 9.17) is 28.6 Å². The molecule has 0 bridgehead atoms. The summed E-state index contributed by atoms with van der Waals surface area (Å²) in [5.41, 5.74) is 1.85. The van der Waals surface area contributed by atoms with Crippen LogP contribution in [-0.4, -0.2) is 21.7 Å². The van der Waals surface area contributed by atoms with E-state index >= 15 is 0 Å². The first-order valence-corrected chi connectivity index (χ1v) is 9.51. The van der Waals surface area contributed by atoms with Gasteiger partial charge in [-0.2, -0.15) is 0 Å². The first-order chi connectivity index (χ1) is 12.6. The van der Waals surface area contributed by atoms with Crippen LogP contribution >= 0.6 is 35.6 Å². The summed E-state index contributed by atoms with van der Waals surface area (Å²) in [6.07, 6.45) is 3.48. The molecule has 1 heterocycles. The van der Waals surface area contributed by atoms with E-state index in [1.54, 1.807) is 6.08 Å². The fourth-order valence-electron chi connectivity index (χ4n) is 2.40. The number of hydrogen-bond acceptors (Lipinski definition) is 4.